The van der Waals surface area contributed by atoms with Gasteiger partial charge in [0.2, 0.25) is 0 Å². The van der Waals surface area contributed by atoms with Crippen molar-refractivity contribution in [2.24, 2.45) is 0 Å². The number of carbonyl (C=O) groups excluding carboxylic acids is 1. The smallest absolute Gasteiger partial charge is 0.337 e. The van der Waals surface area contributed by atoms with Gasteiger partial charge in [-0.2, -0.15) is 0 Å². The van der Waals surface area contributed by atoms with Gasteiger partial charge in [-0.3, -0.25) is 9.78 Å². The summed E-state index contributed by atoms with van der Waals surface area (Å²) in [5, 5.41) is 9.64. The van der Waals surface area contributed by atoms with Crippen molar-refractivity contribution in [2.75, 3.05) is 31.1 Å². The Kier molecular flexibility index (Phi) is 5.27. The summed E-state index contributed by atoms with van der Waals surface area (Å²) in [7, 11) is 0. The molecule has 4 rings (SSSR count). The number of carbonyl (C=O) groups is 2. The van der Waals surface area contributed by atoms with Crippen LogP contribution in [-0.2, 0) is 0 Å². The number of pyridine rings is 1. The van der Waals surface area contributed by atoms with Crippen LogP contribution in [0.3, 0.4) is 0 Å². The van der Waals surface area contributed by atoms with Gasteiger partial charge in [0.05, 0.1) is 11.3 Å². The normalized spacial score (nSPS) is 14.1. The molecule has 0 spiro atoms. The van der Waals surface area contributed by atoms with Crippen molar-refractivity contribution in [1.29, 1.82) is 0 Å². The van der Waals surface area contributed by atoms with Gasteiger partial charge >= 0.3 is 5.97 Å². The zero-order valence-corrected chi connectivity index (χ0v) is 17.1. The maximum atomic E-state index is 13.2. The molecule has 1 aliphatic heterocycles. The summed E-state index contributed by atoms with van der Waals surface area (Å²) in [4.78, 5) is 33.0. The molecule has 1 N–H and O–H groups in total. The number of benzene rings is 1. The number of nitrogens with zero attached hydrogens (tertiary/aromatic N) is 4. The third-order valence-electron chi connectivity index (χ3n) is 5.58. The number of piperazine rings is 1. The first-order valence-corrected chi connectivity index (χ1v) is 9.92. The highest BCUT2D eigenvalue weighted by atomic mass is 16.4. The van der Waals surface area contributed by atoms with E-state index in [1.807, 2.05) is 47.6 Å². The van der Waals surface area contributed by atoms with Crippen LogP contribution in [0.4, 0.5) is 5.69 Å². The van der Waals surface area contributed by atoms with Crippen LogP contribution >= 0.6 is 0 Å². The van der Waals surface area contributed by atoms with Gasteiger partial charge < -0.3 is 19.5 Å². The maximum absolute atomic E-state index is 13.2. The fourth-order valence-corrected chi connectivity index (χ4v) is 3.98. The number of hydrogen-bond donors (Lipinski definition) is 1. The SMILES string of the molecule is Cc1ccc(C)n1-c1cc(C(=O)N2CCN(c3ccncc3)CC2)ccc1C(=O)O. The molecule has 3 heterocycles. The Balaban J connectivity index is 1.58. The average molecular weight is 404 g/mol. The molecule has 7 nitrogen and oxygen atoms in total. The molecule has 0 unspecified atom stereocenters. The molecule has 1 aliphatic rings. The van der Waals surface area contributed by atoms with Crippen molar-refractivity contribution in [3.8, 4) is 5.69 Å². The van der Waals surface area contributed by atoms with Crippen molar-refractivity contribution in [3.63, 3.8) is 0 Å². The standard InChI is InChI=1S/C23H24N4O3/c1-16-3-4-17(2)27(16)21-15-18(5-6-20(21)23(29)30)22(28)26-13-11-25(12-14-26)19-7-9-24-10-8-19/h3-10,15H,11-14H2,1-2H3,(H,29,30). The molecule has 1 saturated heterocycles. The first-order valence-electron chi connectivity index (χ1n) is 9.92. The monoisotopic (exact) mass is 404 g/mol. The molecule has 1 amide bonds. The van der Waals surface area contributed by atoms with Gasteiger partial charge in [-0.05, 0) is 56.3 Å². The summed E-state index contributed by atoms with van der Waals surface area (Å²) in [5.74, 6) is -1.09. The van der Waals surface area contributed by atoms with Gasteiger partial charge in [0, 0.05) is 61.2 Å². The lowest BCUT2D eigenvalue weighted by Gasteiger charge is -2.36. The quantitative estimate of drug-likeness (QED) is 0.723. The number of aromatic nitrogens is 2. The van der Waals surface area contributed by atoms with Crippen LogP contribution in [0.2, 0.25) is 0 Å². The molecule has 2 aromatic heterocycles. The van der Waals surface area contributed by atoms with Gasteiger partial charge in [0.15, 0.2) is 0 Å². The lowest BCUT2D eigenvalue weighted by Crippen LogP contribution is -2.48. The summed E-state index contributed by atoms with van der Waals surface area (Å²) in [5.41, 5.74) is 4.14. The molecule has 30 heavy (non-hydrogen) atoms. The Hall–Kier alpha value is -3.61. The van der Waals surface area contributed by atoms with Crippen LogP contribution in [0.1, 0.15) is 32.1 Å². The first kappa shape index (κ1) is 19.7. The van der Waals surface area contributed by atoms with Gasteiger partial charge in [-0.15, -0.1) is 0 Å². The van der Waals surface area contributed by atoms with Crippen LogP contribution in [0.25, 0.3) is 5.69 Å². The van der Waals surface area contributed by atoms with Crippen LogP contribution in [0.15, 0.2) is 54.9 Å². The zero-order valence-electron chi connectivity index (χ0n) is 17.1. The number of aryl methyl sites for hydroxylation is 2. The Morgan fingerprint density at radius 2 is 1.53 bits per heavy atom. The van der Waals surface area contributed by atoms with Gasteiger partial charge in [0.25, 0.3) is 5.91 Å². The minimum absolute atomic E-state index is 0.0787. The van der Waals surface area contributed by atoms with E-state index in [-0.39, 0.29) is 11.5 Å². The fraction of sp³-hybridized carbons (Fsp3) is 0.261. The van der Waals surface area contributed by atoms with Crippen molar-refractivity contribution < 1.29 is 14.7 Å². The van der Waals surface area contributed by atoms with E-state index in [4.69, 9.17) is 0 Å². The van der Waals surface area contributed by atoms with E-state index in [2.05, 4.69) is 9.88 Å². The van der Waals surface area contributed by atoms with Gasteiger partial charge in [0.1, 0.15) is 0 Å². The Labute approximate surface area is 175 Å². The zero-order chi connectivity index (χ0) is 21.3. The summed E-state index contributed by atoms with van der Waals surface area (Å²) < 4.78 is 1.88. The molecule has 154 valence electrons. The molecular formula is C23H24N4O3. The highest BCUT2D eigenvalue weighted by Crippen LogP contribution is 2.24. The molecule has 0 aliphatic carbocycles. The minimum atomic E-state index is -1.01. The van der Waals surface area contributed by atoms with Crippen LogP contribution in [0.5, 0.6) is 0 Å². The Bertz CT molecular complexity index is 1060. The summed E-state index contributed by atoms with van der Waals surface area (Å²) >= 11 is 0. The minimum Gasteiger partial charge on any atom is -0.478 e. The second-order valence-electron chi connectivity index (χ2n) is 7.47. The summed E-state index contributed by atoms with van der Waals surface area (Å²) in [6.07, 6.45) is 3.53. The van der Waals surface area contributed by atoms with Crippen LogP contribution in [-0.4, -0.2) is 57.6 Å². The molecule has 3 aromatic rings. The second-order valence-corrected chi connectivity index (χ2v) is 7.47. The maximum Gasteiger partial charge on any atom is 0.337 e. The number of carboxylic acids is 1. The molecule has 1 fully saturated rings. The van der Waals surface area contributed by atoms with E-state index in [1.165, 1.54) is 6.07 Å². The van der Waals surface area contributed by atoms with Crippen molar-refractivity contribution >= 4 is 17.6 Å². The third-order valence-corrected chi connectivity index (χ3v) is 5.58. The van der Waals surface area contributed by atoms with E-state index in [1.54, 1.807) is 24.5 Å². The summed E-state index contributed by atoms with van der Waals surface area (Å²) in [6.45, 7) is 6.55. The molecule has 0 atom stereocenters. The van der Waals surface area contributed by atoms with E-state index < -0.39 is 5.97 Å². The number of rotatable bonds is 4. The largest absolute Gasteiger partial charge is 0.478 e. The fourth-order valence-electron chi connectivity index (χ4n) is 3.98. The van der Waals surface area contributed by atoms with E-state index in [0.717, 1.165) is 30.2 Å². The van der Waals surface area contributed by atoms with E-state index in [0.29, 0.717) is 24.3 Å². The predicted molar refractivity (Wildman–Crippen MR) is 115 cm³/mol. The topological polar surface area (TPSA) is 78.7 Å². The lowest BCUT2D eigenvalue weighted by atomic mass is 10.1. The van der Waals surface area contributed by atoms with Crippen molar-refractivity contribution in [3.05, 3.63) is 77.4 Å². The molecule has 0 radical (unpaired) electrons. The van der Waals surface area contributed by atoms with Crippen LogP contribution in [0, 0.1) is 13.8 Å². The highest BCUT2D eigenvalue weighted by Gasteiger charge is 2.24. The first-order chi connectivity index (χ1) is 14.5. The summed E-state index contributed by atoms with van der Waals surface area (Å²) in [6, 6.07) is 12.6. The van der Waals surface area contributed by atoms with E-state index >= 15 is 0 Å². The van der Waals surface area contributed by atoms with Gasteiger partial charge in [-0.1, -0.05) is 0 Å². The third kappa shape index (κ3) is 3.66. The molecule has 7 heteroatoms. The second kappa shape index (κ2) is 8.02. The Morgan fingerprint density at radius 3 is 2.13 bits per heavy atom. The molecule has 0 saturated carbocycles. The number of amides is 1. The molecule has 0 bridgehead atoms. The molecule has 1 aromatic carbocycles. The number of anilines is 1. The van der Waals surface area contributed by atoms with Crippen LogP contribution < -0.4 is 4.90 Å². The lowest BCUT2D eigenvalue weighted by molar-refractivity contribution is 0.0693. The molecular weight excluding hydrogens is 380 g/mol. The van der Waals surface area contributed by atoms with Crippen molar-refractivity contribution in [2.45, 2.75) is 13.8 Å². The number of aromatic carboxylic acids is 1. The predicted octanol–water partition coefficient (Wildman–Crippen LogP) is 3.15. The van der Waals surface area contributed by atoms with Gasteiger partial charge in [-0.25, -0.2) is 4.79 Å². The average Bonchev–Trinajstić information content (AvgIpc) is 3.11. The van der Waals surface area contributed by atoms with E-state index in [9.17, 15) is 14.7 Å². The van der Waals surface area contributed by atoms with Crippen molar-refractivity contribution in [1.82, 2.24) is 14.5 Å². The highest BCUT2D eigenvalue weighted by molar-refractivity contribution is 5.98. The number of carboxylic acid groups (broad SMARTS) is 1. The number of hydrogen-bond acceptors (Lipinski definition) is 4. The Morgan fingerprint density at radius 1 is 0.900 bits per heavy atom.